The molecular formula is C21H30ClFN2O2. The Morgan fingerprint density at radius 2 is 1.96 bits per heavy atom. The first-order chi connectivity index (χ1) is 13.0. The predicted molar refractivity (Wildman–Crippen MR) is 106 cm³/mol. The predicted octanol–water partition coefficient (Wildman–Crippen LogP) is 4.03. The molecule has 6 heteroatoms. The van der Waals surface area contributed by atoms with Crippen molar-refractivity contribution >= 4 is 17.5 Å². The van der Waals surface area contributed by atoms with Crippen molar-refractivity contribution in [2.75, 3.05) is 26.8 Å². The van der Waals surface area contributed by atoms with Gasteiger partial charge in [-0.1, -0.05) is 17.7 Å². The smallest absolute Gasteiger partial charge is 0.240 e. The normalized spacial score (nSPS) is 25.1. The number of benzene rings is 1. The van der Waals surface area contributed by atoms with Crippen molar-refractivity contribution in [1.82, 2.24) is 10.6 Å². The SMILES string of the molecule is CNC(=O)C1(NCCC2CCC(c3ccc(F)cc3Cl)CC2)CCOCC1. The molecule has 3 rings (SSSR count). The van der Waals surface area contributed by atoms with Crippen LogP contribution < -0.4 is 10.6 Å². The molecule has 0 bridgehead atoms. The van der Waals surface area contributed by atoms with Gasteiger partial charge in [0.1, 0.15) is 11.4 Å². The van der Waals surface area contributed by atoms with E-state index in [1.54, 1.807) is 7.05 Å². The summed E-state index contributed by atoms with van der Waals surface area (Å²) in [7, 11) is 1.70. The number of amides is 1. The van der Waals surface area contributed by atoms with E-state index < -0.39 is 5.54 Å². The number of likely N-dealkylation sites (N-methyl/N-ethyl adjacent to an activating group) is 1. The van der Waals surface area contributed by atoms with E-state index in [9.17, 15) is 9.18 Å². The minimum absolute atomic E-state index is 0.0699. The second-order valence-electron chi connectivity index (χ2n) is 7.87. The molecule has 1 amide bonds. The third kappa shape index (κ3) is 5.01. The van der Waals surface area contributed by atoms with Crippen LogP contribution in [0.5, 0.6) is 0 Å². The first kappa shape index (κ1) is 20.6. The lowest BCUT2D eigenvalue weighted by Gasteiger charge is -2.37. The van der Waals surface area contributed by atoms with Crippen LogP contribution >= 0.6 is 11.6 Å². The zero-order valence-electron chi connectivity index (χ0n) is 16.0. The fraction of sp³-hybridized carbons (Fsp3) is 0.667. The molecule has 1 saturated carbocycles. The minimum Gasteiger partial charge on any atom is -0.381 e. The number of hydrogen-bond donors (Lipinski definition) is 2. The first-order valence-corrected chi connectivity index (χ1v) is 10.4. The maximum atomic E-state index is 13.3. The average molecular weight is 397 g/mol. The molecule has 1 aliphatic carbocycles. The molecule has 0 unspecified atom stereocenters. The lowest BCUT2D eigenvalue weighted by Crippen LogP contribution is -2.59. The second-order valence-corrected chi connectivity index (χ2v) is 8.28. The molecule has 1 aromatic carbocycles. The molecule has 2 aliphatic rings. The van der Waals surface area contributed by atoms with Gasteiger partial charge in [0.2, 0.25) is 5.91 Å². The van der Waals surface area contributed by atoms with Gasteiger partial charge in [-0.05, 0) is 81.0 Å². The average Bonchev–Trinajstić information content (AvgIpc) is 2.69. The van der Waals surface area contributed by atoms with Crippen LogP contribution in [0.4, 0.5) is 4.39 Å². The van der Waals surface area contributed by atoms with E-state index in [0.29, 0.717) is 30.1 Å². The molecule has 4 nitrogen and oxygen atoms in total. The summed E-state index contributed by atoms with van der Waals surface area (Å²) in [6.07, 6.45) is 7.00. The first-order valence-electron chi connectivity index (χ1n) is 10.0. The van der Waals surface area contributed by atoms with E-state index in [0.717, 1.165) is 57.1 Å². The monoisotopic (exact) mass is 396 g/mol. The standard InChI is InChI=1S/C21H30ClFN2O2/c1-24-20(26)21(9-12-27-13-10-21)25-11-8-15-2-4-16(5-3-15)18-7-6-17(23)14-19(18)22/h6-7,14-16,25H,2-5,8-13H2,1H3,(H,24,26). The highest BCUT2D eigenvalue weighted by Crippen LogP contribution is 2.39. The van der Waals surface area contributed by atoms with Crippen LogP contribution in [-0.4, -0.2) is 38.3 Å². The van der Waals surface area contributed by atoms with E-state index >= 15 is 0 Å². The Morgan fingerprint density at radius 3 is 2.59 bits per heavy atom. The lowest BCUT2D eigenvalue weighted by molar-refractivity contribution is -0.131. The van der Waals surface area contributed by atoms with E-state index in [1.165, 1.54) is 12.1 Å². The molecule has 0 aromatic heterocycles. The summed E-state index contributed by atoms with van der Waals surface area (Å²) in [6, 6.07) is 4.75. The van der Waals surface area contributed by atoms with E-state index in [1.807, 2.05) is 6.07 Å². The van der Waals surface area contributed by atoms with Crippen molar-refractivity contribution in [3.05, 3.63) is 34.6 Å². The van der Waals surface area contributed by atoms with Crippen molar-refractivity contribution in [3.8, 4) is 0 Å². The highest BCUT2D eigenvalue weighted by Gasteiger charge is 2.39. The molecule has 1 heterocycles. The van der Waals surface area contributed by atoms with Gasteiger partial charge >= 0.3 is 0 Å². The van der Waals surface area contributed by atoms with Crippen LogP contribution in [0.3, 0.4) is 0 Å². The zero-order valence-corrected chi connectivity index (χ0v) is 16.8. The minimum atomic E-state index is -0.480. The summed E-state index contributed by atoms with van der Waals surface area (Å²) in [4.78, 5) is 12.4. The summed E-state index contributed by atoms with van der Waals surface area (Å²) in [5.74, 6) is 0.881. The summed E-state index contributed by atoms with van der Waals surface area (Å²) in [5, 5.41) is 6.89. The van der Waals surface area contributed by atoms with Gasteiger partial charge in [0.05, 0.1) is 0 Å². The molecule has 1 aromatic rings. The van der Waals surface area contributed by atoms with Crippen LogP contribution in [0.1, 0.15) is 56.4 Å². The number of carbonyl (C=O) groups is 1. The molecule has 27 heavy (non-hydrogen) atoms. The van der Waals surface area contributed by atoms with Crippen molar-refractivity contribution in [2.45, 2.75) is 56.4 Å². The molecular weight excluding hydrogens is 367 g/mol. The van der Waals surface area contributed by atoms with Crippen molar-refractivity contribution < 1.29 is 13.9 Å². The zero-order chi connectivity index (χ0) is 19.3. The highest BCUT2D eigenvalue weighted by atomic mass is 35.5. The third-order valence-electron chi connectivity index (χ3n) is 6.27. The van der Waals surface area contributed by atoms with Crippen LogP contribution in [0, 0.1) is 11.7 Å². The number of nitrogens with one attached hydrogen (secondary N) is 2. The van der Waals surface area contributed by atoms with Gasteiger partial charge < -0.3 is 15.4 Å². The summed E-state index contributed by atoms with van der Waals surface area (Å²) < 4.78 is 18.7. The van der Waals surface area contributed by atoms with Crippen LogP contribution in [-0.2, 0) is 9.53 Å². The second kappa shape index (κ2) is 9.35. The van der Waals surface area contributed by atoms with E-state index in [4.69, 9.17) is 16.3 Å². The fourth-order valence-corrected chi connectivity index (χ4v) is 4.88. The van der Waals surface area contributed by atoms with E-state index in [-0.39, 0.29) is 11.7 Å². The third-order valence-corrected chi connectivity index (χ3v) is 6.60. The van der Waals surface area contributed by atoms with Gasteiger partial charge in [-0.25, -0.2) is 4.39 Å². The van der Waals surface area contributed by atoms with Gasteiger partial charge in [0.25, 0.3) is 0 Å². The Kier molecular flexibility index (Phi) is 7.12. The summed E-state index contributed by atoms with van der Waals surface area (Å²) in [6.45, 7) is 2.11. The van der Waals surface area contributed by atoms with Crippen LogP contribution in [0.15, 0.2) is 18.2 Å². The fourth-order valence-electron chi connectivity index (χ4n) is 4.55. The Bertz CT molecular complexity index is 641. The maximum absolute atomic E-state index is 13.3. The van der Waals surface area contributed by atoms with Crippen LogP contribution in [0.2, 0.25) is 5.02 Å². The highest BCUT2D eigenvalue weighted by molar-refractivity contribution is 6.31. The molecule has 1 saturated heterocycles. The molecule has 0 spiro atoms. The molecule has 0 atom stereocenters. The number of rotatable bonds is 6. The van der Waals surface area contributed by atoms with Crippen LogP contribution in [0.25, 0.3) is 0 Å². The van der Waals surface area contributed by atoms with Gasteiger partial charge in [0.15, 0.2) is 0 Å². The Balaban J connectivity index is 1.47. The summed E-state index contributed by atoms with van der Waals surface area (Å²) >= 11 is 6.23. The molecule has 150 valence electrons. The number of ether oxygens (including phenoxy) is 1. The van der Waals surface area contributed by atoms with Crippen molar-refractivity contribution in [2.24, 2.45) is 5.92 Å². The van der Waals surface area contributed by atoms with Crippen molar-refractivity contribution in [3.63, 3.8) is 0 Å². The van der Waals surface area contributed by atoms with Crippen molar-refractivity contribution in [1.29, 1.82) is 0 Å². The maximum Gasteiger partial charge on any atom is 0.240 e. The molecule has 0 radical (unpaired) electrons. The van der Waals surface area contributed by atoms with Gasteiger partial charge in [0, 0.05) is 25.3 Å². The largest absolute Gasteiger partial charge is 0.381 e. The Labute approximate surface area is 166 Å². The molecule has 2 fully saturated rings. The molecule has 1 aliphatic heterocycles. The lowest BCUT2D eigenvalue weighted by atomic mass is 9.77. The van der Waals surface area contributed by atoms with E-state index in [2.05, 4.69) is 10.6 Å². The summed E-state index contributed by atoms with van der Waals surface area (Å²) in [5.41, 5.74) is 0.599. The van der Waals surface area contributed by atoms with Gasteiger partial charge in [-0.3, -0.25) is 4.79 Å². The number of halogens is 2. The molecule has 2 N–H and O–H groups in total. The Morgan fingerprint density at radius 1 is 1.26 bits per heavy atom. The van der Waals surface area contributed by atoms with Gasteiger partial charge in [-0.2, -0.15) is 0 Å². The number of carbonyl (C=O) groups excluding carboxylic acids is 1. The topological polar surface area (TPSA) is 50.4 Å². The quantitative estimate of drug-likeness (QED) is 0.763. The van der Waals surface area contributed by atoms with Gasteiger partial charge in [-0.15, -0.1) is 0 Å². The Hall–Kier alpha value is -1.17. The number of hydrogen-bond acceptors (Lipinski definition) is 3.